The maximum absolute atomic E-state index is 12.3. The number of hydrogen-bond donors (Lipinski definition) is 1. The molecule has 0 aliphatic rings. The van der Waals surface area contributed by atoms with Crippen LogP contribution in [0, 0.1) is 0 Å². The smallest absolute Gasteiger partial charge is 0.255 e. The number of thioether (sulfide) groups is 1. The minimum atomic E-state index is -0.132. The number of rotatable bonds is 6. The fourth-order valence-electron chi connectivity index (χ4n) is 2.33. The molecule has 26 heavy (non-hydrogen) atoms. The Hall–Kier alpha value is -2.43. The number of anilines is 1. The molecule has 0 spiro atoms. The van der Waals surface area contributed by atoms with Gasteiger partial charge in [0.15, 0.2) is 0 Å². The molecular formula is C21H18ClNO2S. The number of nitrogens with one attached hydrogen (secondary N) is 1. The first-order valence-corrected chi connectivity index (χ1v) is 9.43. The highest BCUT2D eigenvalue weighted by atomic mass is 35.5. The van der Waals surface area contributed by atoms with Crippen LogP contribution in [0.5, 0.6) is 5.75 Å². The van der Waals surface area contributed by atoms with Gasteiger partial charge in [-0.25, -0.2) is 0 Å². The lowest BCUT2D eigenvalue weighted by Gasteiger charge is -2.07. The molecule has 5 heteroatoms. The Bertz CT molecular complexity index is 862. The number of carbonyl (C=O) groups is 1. The van der Waals surface area contributed by atoms with Gasteiger partial charge in [0.1, 0.15) is 5.75 Å². The lowest BCUT2D eigenvalue weighted by Crippen LogP contribution is -2.11. The Kier molecular flexibility index (Phi) is 6.21. The van der Waals surface area contributed by atoms with Crippen LogP contribution in [0.3, 0.4) is 0 Å². The lowest BCUT2D eigenvalue weighted by molar-refractivity contribution is 0.102. The number of carbonyl (C=O) groups excluding carboxylic acids is 1. The van der Waals surface area contributed by atoms with Gasteiger partial charge >= 0.3 is 0 Å². The number of amides is 1. The van der Waals surface area contributed by atoms with Gasteiger partial charge in [-0.05, 0) is 66.2 Å². The monoisotopic (exact) mass is 383 g/mol. The molecule has 1 amide bonds. The molecule has 0 bridgehead atoms. The predicted molar refractivity (Wildman–Crippen MR) is 108 cm³/mol. The molecule has 0 unspecified atom stereocenters. The average Bonchev–Trinajstić information content (AvgIpc) is 2.68. The van der Waals surface area contributed by atoms with Gasteiger partial charge in [-0.3, -0.25) is 4.79 Å². The number of benzene rings is 3. The van der Waals surface area contributed by atoms with Crippen molar-refractivity contribution >= 4 is 35.0 Å². The van der Waals surface area contributed by atoms with Crippen molar-refractivity contribution in [3.05, 3.63) is 88.9 Å². The molecule has 0 radical (unpaired) electrons. The summed E-state index contributed by atoms with van der Waals surface area (Å²) in [5, 5.41) is 3.62. The first-order chi connectivity index (χ1) is 12.6. The van der Waals surface area contributed by atoms with Crippen LogP contribution >= 0.6 is 23.4 Å². The molecule has 1 N–H and O–H groups in total. The first kappa shape index (κ1) is 18.4. The fraction of sp³-hybridized carbons (Fsp3) is 0.0952. The normalized spacial score (nSPS) is 10.4. The van der Waals surface area contributed by atoms with Crippen molar-refractivity contribution in [2.45, 2.75) is 10.6 Å². The molecule has 0 saturated heterocycles. The molecule has 3 rings (SSSR count). The highest BCUT2D eigenvalue weighted by Gasteiger charge is 2.06. The summed E-state index contributed by atoms with van der Waals surface area (Å²) in [6.45, 7) is 0. The van der Waals surface area contributed by atoms with E-state index in [1.165, 1.54) is 0 Å². The molecule has 0 aliphatic heterocycles. The molecule has 0 atom stereocenters. The van der Waals surface area contributed by atoms with E-state index in [2.05, 4.69) is 5.32 Å². The average molecular weight is 384 g/mol. The second kappa shape index (κ2) is 8.79. The minimum absolute atomic E-state index is 0.132. The van der Waals surface area contributed by atoms with Crippen molar-refractivity contribution in [3.8, 4) is 5.75 Å². The van der Waals surface area contributed by atoms with E-state index in [1.807, 2.05) is 72.8 Å². The Morgan fingerprint density at radius 1 is 0.962 bits per heavy atom. The van der Waals surface area contributed by atoms with Crippen molar-refractivity contribution in [1.82, 2.24) is 0 Å². The van der Waals surface area contributed by atoms with Gasteiger partial charge in [-0.15, -0.1) is 11.8 Å². The largest absolute Gasteiger partial charge is 0.497 e. The van der Waals surface area contributed by atoms with Crippen LogP contribution in [-0.2, 0) is 5.75 Å². The summed E-state index contributed by atoms with van der Waals surface area (Å²) in [5.41, 5.74) is 2.52. The molecule has 3 aromatic carbocycles. The van der Waals surface area contributed by atoms with Gasteiger partial charge in [0.25, 0.3) is 5.91 Å². The van der Waals surface area contributed by atoms with Gasteiger partial charge in [0.2, 0.25) is 0 Å². The predicted octanol–water partition coefficient (Wildman–Crippen LogP) is 5.89. The summed E-state index contributed by atoms with van der Waals surface area (Å²) in [6, 6.07) is 22.7. The van der Waals surface area contributed by atoms with E-state index in [0.717, 1.165) is 32.7 Å². The lowest BCUT2D eigenvalue weighted by atomic mass is 10.1. The van der Waals surface area contributed by atoms with E-state index < -0.39 is 0 Å². The molecule has 0 saturated carbocycles. The first-order valence-electron chi connectivity index (χ1n) is 8.07. The van der Waals surface area contributed by atoms with Gasteiger partial charge < -0.3 is 10.1 Å². The summed E-state index contributed by atoms with van der Waals surface area (Å²) in [7, 11) is 1.61. The molecular weight excluding hydrogens is 366 g/mol. The quantitative estimate of drug-likeness (QED) is 0.539. The van der Waals surface area contributed by atoms with Gasteiger partial charge in [-0.1, -0.05) is 23.7 Å². The van der Waals surface area contributed by atoms with E-state index in [4.69, 9.17) is 16.3 Å². The zero-order chi connectivity index (χ0) is 18.4. The third-order valence-corrected chi connectivity index (χ3v) is 5.12. The van der Waals surface area contributed by atoms with Gasteiger partial charge in [-0.2, -0.15) is 0 Å². The Labute approximate surface area is 162 Å². The minimum Gasteiger partial charge on any atom is -0.497 e. The van der Waals surface area contributed by atoms with Crippen molar-refractivity contribution in [2.24, 2.45) is 0 Å². The second-order valence-corrected chi connectivity index (χ2v) is 7.11. The zero-order valence-electron chi connectivity index (χ0n) is 14.2. The zero-order valence-corrected chi connectivity index (χ0v) is 15.8. The van der Waals surface area contributed by atoms with E-state index in [-0.39, 0.29) is 5.91 Å². The Balaban J connectivity index is 1.57. The van der Waals surface area contributed by atoms with Crippen LogP contribution in [0.2, 0.25) is 5.02 Å². The van der Waals surface area contributed by atoms with E-state index in [0.29, 0.717) is 5.56 Å². The number of ether oxygens (including phenoxy) is 1. The fourth-order valence-corrected chi connectivity index (χ4v) is 3.31. The van der Waals surface area contributed by atoms with Gasteiger partial charge in [0.05, 0.1) is 7.11 Å². The van der Waals surface area contributed by atoms with E-state index in [9.17, 15) is 4.79 Å². The van der Waals surface area contributed by atoms with Crippen LogP contribution in [-0.4, -0.2) is 13.0 Å². The highest BCUT2D eigenvalue weighted by Crippen LogP contribution is 2.24. The summed E-state index contributed by atoms with van der Waals surface area (Å²) < 4.78 is 5.11. The third kappa shape index (κ3) is 5.04. The topological polar surface area (TPSA) is 38.3 Å². The molecule has 3 aromatic rings. The number of hydrogen-bond acceptors (Lipinski definition) is 3. The van der Waals surface area contributed by atoms with Crippen molar-refractivity contribution in [1.29, 1.82) is 0 Å². The van der Waals surface area contributed by atoms with Crippen molar-refractivity contribution < 1.29 is 9.53 Å². The van der Waals surface area contributed by atoms with Crippen LogP contribution < -0.4 is 10.1 Å². The maximum atomic E-state index is 12.3. The third-order valence-electron chi connectivity index (χ3n) is 3.78. The summed E-state index contributed by atoms with van der Waals surface area (Å²) in [6.07, 6.45) is 0. The standard InChI is InChI=1S/C21H18ClNO2S/c1-25-19-10-8-18(9-11-19)23-21(24)16-4-2-15(3-5-16)14-26-20-12-6-17(22)7-13-20/h2-13H,14H2,1H3,(H,23,24). The number of methoxy groups -OCH3 is 1. The van der Waals surface area contributed by atoms with Gasteiger partial charge in [0, 0.05) is 26.9 Å². The second-order valence-electron chi connectivity index (χ2n) is 5.62. The molecule has 0 aromatic heterocycles. The maximum Gasteiger partial charge on any atom is 0.255 e. The highest BCUT2D eigenvalue weighted by molar-refractivity contribution is 7.98. The molecule has 0 fully saturated rings. The molecule has 0 heterocycles. The summed E-state index contributed by atoms with van der Waals surface area (Å²) in [5.74, 6) is 1.46. The Morgan fingerprint density at radius 3 is 2.23 bits per heavy atom. The van der Waals surface area contributed by atoms with E-state index >= 15 is 0 Å². The van der Waals surface area contributed by atoms with Crippen molar-refractivity contribution in [3.63, 3.8) is 0 Å². The summed E-state index contributed by atoms with van der Waals surface area (Å²) in [4.78, 5) is 13.5. The van der Waals surface area contributed by atoms with Crippen molar-refractivity contribution in [2.75, 3.05) is 12.4 Å². The Morgan fingerprint density at radius 2 is 1.62 bits per heavy atom. The molecule has 132 valence electrons. The van der Waals surface area contributed by atoms with Crippen LogP contribution in [0.25, 0.3) is 0 Å². The molecule has 0 aliphatic carbocycles. The number of halogens is 1. The van der Waals surface area contributed by atoms with Crippen LogP contribution in [0.15, 0.2) is 77.7 Å². The van der Waals surface area contributed by atoms with Crippen LogP contribution in [0.4, 0.5) is 5.69 Å². The SMILES string of the molecule is COc1ccc(NC(=O)c2ccc(CSc3ccc(Cl)cc3)cc2)cc1. The summed E-state index contributed by atoms with van der Waals surface area (Å²) >= 11 is 7.63. The van der Waals surface area contributed by atoms with Crippen LogP contribution in [0.1, 0.15) is 15.9 Å². The van der Waals surface area contributed by atoms with E-state index in [1.54, 1.807) is 18.9 Å². The molecule has 3 nitrogen and oxygen atoms in total.